The molecule has 1 aromatic carbocycles. The second kappa shape index (κ2) is 4.81. The molecule has 0 radical (unpaired) electrons. The third-order valence-electron chi connectivity index (χ3n) is 2.41. The van der Waals surface area contributed by atoms with Crippen molar-refractivity contribution in [2.75, 3.05) is 5.73 Å². The zero-order valence-electron chi connectivity index (χ0n) is 9.18. The van der Waals surface area contributed by atoms with Gasteiger partial charge in [0.05, 0.1) is 6.10 Å². The Labute approximate surface area is 94.5 Å². The number of rotatable bonds is 4. The molecule has 0 fully saturated rings. The van der Waals surface area contributed by atoms with E-state index in [4.69, 9.17) is 10.5 Å². The zero-order valence-corrected chi connectivity index (χ0v) is 9.18. The van der Waals surface area contributed by atoms with E-state index in [2.05, 4.69) is 9.97 Å². The number of nitrogen functional groups attached to an aromatic ring is 1. The average Bonchev–Trinajstić information content (AvgIpc) is 2.78. The smallest absolute Gasteiger partial charge is 0.132 e. The summed E-state index contributed by atoms with van der Waals surface area (Å²) in [6.07, 6.45) is 3.50. The first-order chi connectivity index (χ1) is 7.75. The van der Waals surface area contributed by atoms with Gasteiger partial charge in [-0.15, -0.1) is 0 Å². The minimum Gasteiger partial charge on any atom is -0.399 e. The van der Waals surface area contributed by atoms with Gasteiger partial charge in [-0.3, -0.25) is 0 Å². The standard InChI is InChI=1S/C12H15N3O/c1-9(10-3-2-4-11(13)7-10)16-8-12-14-5-6-15-12/h2-7,9H,8,13H2,1H3,(H,14,15). The molecule has 0 saturated carbocycles. The highest BCUT2D eigenvalue weighted by Gasteiger charge is 2.06. The summed E-state index contributed by atoms with van der Waals surface area (Å²) in [5.41, 5.74) is 7.54. The van der Waals surface area contributed by atoms with Gasteiger partial charge in [-0.1, -0.05) is 12.1 Å². The van der Waals surface area contributed by atoms with Gasteiger partial charge in [-0.25, -0.2) is 4.98 Å². The molecular formula is C12H15N3O. The third kappa shape index (κ3) is 2.61. The van der Waals surface area contributed by atoms with Crippen LogP contribution in [-0.4, -0.2) is 9.97 Å². The van der Waals surface area contributed by atoms with E-state index in [0.717, 1.165) is 17.1 Å². The summed E-state index contributed by atoms with van der Waals surface area (Å²) in [5.74, 6) is 0.829. The lowest BCUT2D eigenvalue weighted by Gasteiger charge is -2.12. The van der Waals surface area contributed by atoms with Crippen molar-refractivity contribution in [1.29, 1.82) is 0 Å². The zero-order chi connectivity index (χ0) is 11.4. The van der Waals surface area contributed by atoms with E-state index < -0.39 is 0 Å². The largest absolute Gasteiger partial charge is 0.399 e. The van der Waals surface area contributed by atoms with Crippen LogP contribution in [0.15, 0.2) is 36.7 Å². The van der Waals surface area contributed by atoms with Crippen LogP contribution in [-0.2, 0) is 11.3 Å². The first-order valence-corrected chi connectivity index (χ1v) is 5.21. The fraction of sp³-hybridized carbons (Fsp3) is 0.250. The summed E-state index contributed by atoms with van der Waals surface area (Å²) in [4.78, 5) is 7.09. The molecule has 0 aliphatic carbocycles. The van der Waals surface area contributed by atoms with Crippen molar-refractivity contribution < 1.29 is 4.74 Å². The van der Waals surface area contributed by atoms with Crippen LogP contribution in [0.4, 0.5) is 5.69 Å². The molecule has 1 aromatic heterocycles. The van der Waals surface area contributed by atoms with Gasteiger partial charge >= 0.3 is 0 Å². The molecule has 0 spiro atoms. The molecule has 2 aromatic rings. The van der Waals surface area contributed by atoms with Crippen molar-refractivity contribution in [2.24, 2.45) is 0 Å². The van der Waals surface area contributed by atoms with Gasteiger partial charge in [0.25, 0.3) is 0 Å². The molecule has 4 heteroatoms. The number of anilines is 1. The van der Waals surface area contributed by atoms with Crippen LogP contribution in [0.3, 0.4) is 0 Å². The minimum absolute atomic E-state index is 0.00796. The average molecular weight is 217 g/mol. The lowest BCUT2D eigenvalue weighted by atomic mass is 10.1. The number of ether oxygens (including phenoxy) is 1. The van der Waals surface area contributed by atoms with Crippen LogP contribution < -0.4 is 5.73 Å². The van der Waals surface area contributed by atoms with E-state index in [1.165, 1.54) is 0 Å². The summed E-state index contributed by atoms with van der Waals surface area (Å²) < 4.78 is 5.68. The van der Waals surface area contributed by atoms with Crippen molar-refractivity contribution in [3.63, 3.8) is 0 Å². The van der Waals surface area contributed by atoms with Gasteiger partial charge in [0.2, 0.25) is 0 Å². The van der Waals surface area contributed by atoms with Crippen molar-refractivity contribution in [3.8, 4) is 0 Å². The molecule has 0 amide bonds. The van der Waals surface area contributed by atoms with E-state index in [1.54, 1.807) is 12.4 Å². The fourth-order valence-electron chi connectivity index (χ4n) is 1.49. The third-order valence-corrected chi connectivity index (χ3v) is 2.41. The monoisotopic (exact) mass is 217 g/mol. The first-order valence-electron chi connectivity index (χ1n) is 5.21. The SMILES string of the molecule is CC(OCc1ncc[nH]1)c1cccc(N)c1. The number of nitrogens with one attached hydrogen (secondary N) is 1. The molecular weight excluding hydrogens is 202 g/mol. The molecule has 0 aliphatic heterocycles. The van der Waals surface area contributed by atoms with Gasteiger partial charge in [-0.05, 0) is 24.6 Å². The number of aromatic nitrogens is 2. The number of aromatic amines is 1. The van der Waals surface area contributed by atoms with Crippen LogP contribution in [0.25, 0.3) is 0 Å². The molecule has 0 aliphatic rings. The Morgan fingerprint density at radius 1 is 1.50 bits per heavy atom. The molecule has 2 rings (SSSR count). The Morgan fingerprint density at radius 3 is 3.06 bits per heavy atom. The number of hydrogen-bond donors (Lipinski definition) is 2. The Hall–Kier alpha value is -1.81. The molecule has 0 saturated heterocycles. The number of imidazole rings is 1. The first kappa shape index (κ1) is 10.7. The topological polar surface area (TPSA) is 63.9 Å². The highest BCUT2D eigenvalue weighted by atomic mass is 16.5. The van der Waals surface area contributed by atoms with Crippen molar-refractivity contribution in [3.05, 3.63) is 48.0 Å². The Kier molecular flexibility index (Phi) is 3.22. The Balaban J connectivity index is 1.95. The van der Waals surface area contributed by atoms with Crippen LogP contribution in [0.5, 0.6) is 0 Å². The summed E-state index contributed by atoms with van der Waals surface area (Å²) in [7, 11) is 0. The van der Waals surface area contributed by atoms with Crippen LogP contribution >= 0.6 is 0 Å². The van der Waals surface area contributed by atoms with E-state index >= 15 is 0 Å². The summed E-state index contributed by atoms with van der Waals surface area (Å²) in [6.45, 7) is 2.47. The Bertz CT molecular complexity index is 439. The summed E-state index contributed by atoms with van der Waals surface area (Å²) >= 11 is 0. The molecule has 4 nitrogen and oxygen atoms in total. The predicted octanol–water partition coefficient (Wildman–Crippen LogP) is 2.27. The van der Waals surface area contributed by atoms with Gasteiger partial charge < -0.3 is 15.5 Å². The Morgan fingerprint density at radius 2 is 2.38 bits per heavy atom. The van der Waals surface area contributed by atoms with E-state index in [9.17, 15) is 0 Å². The molecule has 3 N–H and O–H groups in total. The maximum Gasteiger partial charge on any atom is 0.132 e. The quantitative estimate of drug-likeness (QED) is 0.772. The highest BCUT2D eigenvalue weighted by molar-refractivity contribution is 5.41. The molecule has 1 unspecified atom stereocenters. The normalized spacial score (nSPS) is 12.6. The minimum atomic E-state index is 0.00796. The lowest BCUT2D eigenvalue weighted by molar-refractivity contribution is 0.0487. The number of H-pyrrole nitrogens is 1. The predicted molar refractivity (Wildman–Crippen MR) is 62.6 cm³/mol. The molecule has 0 bridgehead atoms. The highest BCUT2D eigenvalue weighted by Crippen LogP contribution is 2.19. The molecule has 84 valence electrons. The van der Waals surface area contributed by atoms with Crippen molar-refractivity contribution >= 4 is 5.69 Å². The number of nitrogens with zero attached hydrogens (tertiary/aromatic N) is 1. The van der Waals surface area contributed by atoms with Gasteiger partial charge in [0, 0.05) is 18.1 Å². The van der Waals surface area contributed by atoms with Crippen LogP contribution in [0, 0.1) is 0 Å². The van der Waals surface area contributed by atoms with Crippen LogP contribution in [0.1, 0.15) is 24.4 Å². The second-order valence-corrected chi connectivity index (χ2v) is 3.66. The maximum atomic E-state index is 5.71. The van der Waals surface area contributed by atoms with E-state index in [1.807, 2.05) is 31.2 Å². The van der Waals surface area contributed by atoms with Gasteiger partial charge in [0.1, 0.15) is 12.4 Å². The number of hydrogen-bond acceptors (Lipinski definition) is 3. The van der Waals surface area contributed by atoms with E-state index in [-0.39, 0.29) is 6.10 Å². The maximum absolute atomic E-state index is 5.71. The molecule has 1 heterocycles. The lowest BCUT2D eigenvalue weighted by Crippen LogP contribution is -2.02. The second-order valence-electron chi connectivity index (χ2n) is 3.66. The summed E-state index contributed by atoms with van der Waals surface area (Å²) in [6, 6.07) is 7.72. The van der Waals surface area contributed by atoms with Crippen molar-refractivity contribution in [1.82, 2.24) is 9.97 Å². The fourth-order valence-corrected chi connectivity index (χ4v) is 1.49. The number of benzene rings is 1. The van der Waals surface area contributed by atoms with Crippen molar-refractivity contribution in [2.45, 2.75) is 19.6 Å². The van der Waals surface area contributed by atoms with Crippen LogP contribution in [0.2, 0.25) is 0 Å². The molecule has 1 atom stereocenters. The van der Waals surface area contributed by atoms with Gasteiger partial charge in [-0.2, -0.15) is 0 Å². The summed E-state index contributed by atoms with van der Waals surface area (Å²) in [5, 5.41) is 0. The van der Waals surface area contributed by atoms with Gasteiger partial charge in [0.15, 0.2) is 0 Å². The van der Waals surface area contributed by atoms with E-state index in [0.29, 0.717) is 6.61 Å². The molecule has 16 heavy (non-hydrogen) atoms. The number of nitrogens with two attached hydrogens (primary N) is 1.